The van der Waals surface area contributed by atoms with Gasteiger partial charge in [0.05, 0.1) is 5.56 Å². The van der Waals surface area contributed by atoms with Crippen LogP contribution in [0.1, 0.15) is 11.1 Å². The van der Waals surface area contributed by atoms with E-state index in [0.29, 0.717) is 11.3 Å². The minimum atomic E-state index is -4.39. The summed E-state index contributed by atoms with van der Waals surface area (Å²) in [6.07, 6.45) is -4.39. The van der Waals surface area contributed by atoms with Gasteiger partial charge in [-0.2, -0.15) is 13.2 Å². The average Bonchev–Trinajstić information content (AvgIpc) is 2.45. The molecule has 0 fully saturated rings. The number of hydrogen-bond donors (Lipinski definition) is 0. The molecule has 0 unspecified atom stereocenters. The van der Waals surface area contributed by atoms with E-state index in [9.17, 15) is 13.2 Å². The SMILES string of the molecule is Cc1cc(N(C)C)ccc1-c1ccc(N(C)C)cc1C(F)(F)F. The van der Waals surface area contributed by atoms with E-state index < -0.39 is 11.7 Å². The Kier molecular flexibility index (Phi) is 4.59. The topological polar surface area (TPSA) is 6.48 Å². The van der Waals surface area contributed by atoms with Gasteiger partial charge in [-0.25, -0.2) is 0 Å². The lowest BCUT2D eigenvalue weighted by Gasteiger charge is -2.20. The average molecular weight is 322 g/mol. The molecule has 0 saturated carbocycles. The number of rotatable bonds is 3. The minimum Gasteiger partial charge on any atom is -0.378 e. The molecule has 0 aliphatic carbocycles. The number of hydrogen-bond acceptors (Lipinski definition) is 2. The lowest BCUT2D eigenvalue weighted by Crippen LogP contribution is -2.13. The molecular weight excluding hydrogens is 301 g/mol. The number of alkyl halides is 3. The lowest BCUT2D eigenvalue weighted by atomic mass is 9.94. The molecule has 2 nitrogen and oxygen atoms in total. The van der Waals surface area contributed by atoms with E-state index in [1.807, 2.05) is 38.1 Å². The highest BCUT2D eigenvalue weighted by molar-refractivity contribution is 5.75. The Bertz CT molecular complexity index is 704. The van der Waals surface area contributed by atoms with E-state index in [1.165, 1.54) is 6.07 Å². The molecule has 0 amide bonds. The van der Waals surface area contributed by atoms with Crippen molar-refractivity contribution in [3.63, 3.8) is 0 Å². The van der Waals surface area contributed by atoms with Gasteiger partial charge in [-0.1, -0.05) is 12.1 Å². The largest absolute Gasteiger partial charge is 0.417 e. The maximum absolute atomic E-state index is 13.5. The zero-order chi connectivity index (χ0) is 17.4. The number of benzene rings is 2. The quantitative estimate of drug-likeness (QED) is 0.800. The number of anilines is 2. The van der Waals surface area contributed by atoms with Gasteiger partial charge < -0.3 is 9.80 Å². The molecule has 5 heteroatoms. The van der Waals surface area contributed by atoms with Crippen molar-refractivity contribution in [2.75, 3.05) is 38.0 Å². The van der Waals surface area contributed by atoms with E-state index >= 15 is 0 Å². The molecule has 0 saturated heterocycles. The van der Waals surface area contributed by atoms with Crippen LogP contribution in [0.3, 0.4) is 0 Å². The minimum absolute atomic E-state index is 0.214. The van der Waals surface area contributed by atoms with Gasteiger partial charge >= 0.3 is 6.18 Å². The fourth-order valence-electron chi connectivity index (χ4n) is 2.51. The van der Waals surface area contributed by atoms with Crippen LogP contribution in [0.15, 0.2) is 36.4 Å². The molecule has 0 radical (unpaired) electrons. The number of nitrogens with zero attached hydrogens (tertiary/aromatic N) is 2. The highest BCUT2D eigenvalue weighted by Gasteiger charge is 2.34. The van der Waals surface area contributed by atoms with Gasteiger partial charge in [0.2, 0.25) is 0 Å². The molecule has 0 heterocycles. The molecule has 0 aliphatic rings. The second-order valence-corrected chi connectivity index (χ2v) is 6.02. The van der Waals surface area contributed by atoms with Gasteiger partial charge in [0, 0.05) is 39.6 Å². The normalized spacial score (nSPS) is 11.5. The summed E-state index contributed by atoms with van der Waals surface area (Å²) in [7, 11) is 7.27. The van der Waals surface area contributed by atoms with Crippen molar-refractivity contribution < 1.29 is 13.2 Å². The second kappa shape index (κ2) is 6.14. The van der Waals surface area contributed by atoms with E-state index in [4.69, 9.17) is 0 Å². The summed E-state index contributed by atoms with van der Waals surface area (Å²) in [6.45, 7) is 1.84. The number of aryl methyl sites for hydroxylation is 1. The Morgan fingerprint density at radius 3 is 1.65 bits per heavy atom. The lowest BCUT2D eigenvalue weighted by molar-refractivity contribution is -0.137. The zero-order valence-electron chi connectivity index (χ0n) is 14.0. The highest BCUT2D eigenvalue weighted by Crippen LogP contribution is 2.40. The molecule has 0 spiro atoms. The van der Waals surface area contributed by atoms with Crippen molar-refractivity contribution in [1.29, 1.82) is 0 Å². The van der Waals surface area contributed by atoms with Gasteiger partial charge in [-0.3, -0.25) is 0 Å². The molecule has 23 heavy (non-hydrogen) atoms. The van der Waals surface area contributed by atoms with E-state index in [0.717, 1.165) is 11.3 Å². The second-order valence-electron chi connectivity index (χ2n) is 6.02. The van der Waals surface area contributed by atoms with Gasteiger partial charge in [-0.15, -0.1) is 0 Å². The van der Waals surface area contributed by atoms with Crippen molar-refractivity contribution in [3.05, 3.63) is 47.5 Å². The molecule has 2 rings (SSSR count). The fourth-order valence-corrected chi connectivity index (χ4v) is 2.51. The van der Waals surface area contributed by atoms with Crippen LogP contribution in [0.25, 0.3) is 11.1 Å². The molecule has 0 N–H and O–H groups in total. The molecular formula is C18H21F3N2. The third kappa shape index (κ3) is 3.60. The van der Waals surface area contributed by atoms with Crippen LogP contribution in [-0.4, -0.2) is 28.2 Å². The Morgan fingerprint density at radius 1 is 0.739 bits per heavy atom. The van der Waals surface area contributed by atoms with Crippen LogP contribution in [0.2, 0.25) is 0 Å². The predicted molar refractivity (Wildman–Crippen MR) is 90.3 cm³/mol. The van der Waals surface area contributed by atoms with Crippen molar-refractivity contribution >= 4 is 11.4 Å². The van der Waals surface area contributed by atoms with Crippen LogP contribution in [0.4, 0.5) is 24.5 Å². The third-order valence-corrected chi connectivity index (χ3v) is 3.84. The van der Waals surface area contributed by atoms with Crippen LogP contribution >= 0.6 is 0 Å². The summed E-state index contributed by atoms with van der Waals surface area (Å²) in [4.78, 5) is 3.59. The van der Waals surface area contributed by atoms with Gasteiger partial charge in [0.25, 0.3) is 0 Å². The van der Waals surface area contributed by atoms with Crippen molar-refractivity contribution in [3.8, 4) is 11.1 Å². The third-order valence-electron chi connectivity index (χ3n) is 3.84. The fraction of sp³-hybridized carbons (Fsp3) is 0.333. The van der Waals surface area contributed by atoms with Crippen molar-refractivity contribution in [2.24, 2.45) is 0 Å². The van der Waals surface area contributed by atoms with E-state index in [1.54, 1.807) is 37.2 Å². The standard InChI is InChI=1S/C18H21F3N2/c1-12-10-13(22(2)3)6-8-15(12)16-9-7-14(23(4)5)11-17(16)18(19,20)21/h6-11H,1-5H3. The van der Waals surface area contributed by atoms with Gasteiger partial charge in [0.1, 0.15) is 0 Å². The van der Waals surface area contributed by atoms with Crippen LogP contribution in [-0.2, 0) is 6.18 Å². The molecule has 0 atom stereocenters. The van der Waals surface area contributed by atoms with E-state index in [-0.39, 0.29) is 5.56 Å². The maximum atomic E-state index is 13.5. The molecule has 0 aliphatic heterocycles. The Hall–Kier alpha value is -2.17. The van der Waals surface area contributed by atoms with Gasteiger partial charge in [0.15, 0.2) is 0 Å². The molecule has 0 aromatic heterocycles. The summed E-state index contributed by atoms with van der Waals surface area (Å²) in [6, 6.07) is 9.95. The molecule has 2 aromatic carbocycles. The Labute approximate surface area is 135 Å². The smallest absolute Gasteiger partial charge is 0.378 e. The summed E-state index contributed by atoms with van der Waals surface area (Å²) in [5, 5.41) is 0. The van der Waals surface area contributed by atoms with E-state index in [2.05, 4.69) is 0 Å². The molecule has 0 bridgehead atoms. The Morgan fingerprint density at radius 2 is 1.22 bits per heavy atom. The van der Waals surface area contributed by atoms with Crippen molar-refractivity contribution in [2.45, 2.75) is 13.1 Å². The number of halogens is 3. The van der Waals surface area contributed by atoms with Gasteiger partial charge in [-0.05, 0) is 47.9 Å². The van der Waals surface area contributed by atoms with Crippen LogP contribution in [0.5, 0.6) is 0 Å². The van der Waals surface area contributed by atoms with Crippen LogP contribution in [0, 0.1) is 6.92 Å². The first-order valence-electron chi connectivity index (χ1n) is 7.28. The first-order valence-corrected chi connectivity index (χ1v) is 7.28. The first kappa shape index (κ1) is 17.2. The van der Waals surface area contributed by atoms with Crippen molar-refractivity contribution in [1.82, 2.24) is 0 Å². The summed E-state index contributed by atoms with van der Waals surface area (Å²) in [5.74, 6) is 0. The maximum Gasteiger partial charge on any atom is 0.417 e. The Balaban J connectivity index is 2.63. The monoisotopic (exact) mass is 322 g/mol. The zero-order valence-corrected chi connectivity index (χ0v) is 14.0. The summed E-state index contributed by atoms with van der Waals surface area (Å²) in [5.41, 5.74) is 2.52. The predicted octanol–water partition coefficient (Wildman–Crippen LogP) is 4.81. The molecule has 124 valence electrons. The van der Waals surface area contributed by atoms with Crippen LogP contribution < -0.4 is 9.80 Å². The summed E-state index contributed by atoms with van der Waals surface area (Å²) >= 11 is 0. The molecule has 2 aromatic rings. The highest BCUT2D eigenvalue weighted by atomic mass is 19.4. The summed E-state index contributed by atoms with van der Waals surface area (Å²) < 4.78 is 40.5. The first-order chi connectivity index (χ1) is 10.6.